The number of aromatic nitrogens is 1. The third-order valence-electron chi connectivity index (χ3n) is 3.85. The predicted octanol–water partition coefficient (Wildman–Crippen LogP) is 5.10. The minimum Gasteiger partial charge on any atom is -0.493 e. The predicted molar refractivity (Wildman–Crippen MR) is 123 cm³/mol. The first-order chi connectivity index (χ1) is 14.0. The number of fused-ring (bicyclic) bond motifs is 1. The summed E-state index contributed by atoms with van der Waals surface area (Å²) in [6.07, 6.45) is 1.57. The number of amides is 1. The molecule has 3 aromatic rings. The minimum atomic E-state index is -0.325. The molecule has 0 bridgehead atoms. The maximum atomic E-state index is 12.4. The molecule has 0 saturated carbocycles. The topological polar surface area (TPSA) is 72.8 Å². The van der Waals surface area contributed by atoms with Crippen LogP contribution < -0.4 is 14.9 Å². The van der Waals surface area contributed by atoms with Crippen molar-refractivity contribution in [3.63, 3.8) is 0 Å². The smallest absolute Gasteiger partial charge is 0.253 e. The number of carbonyl (C=O) groups is 1. The Balaban J connectivity index is 1.62. The molecule has 1 amide bonds. The molecular weight excluding hydrogens is 474 g/mol. The number of thioether (sulfide) groups is 1. The van der Waals surface area contributed by atoms with Crippen LogP contribution in [-0.4, -0.2) is 36.1 Å². The molecule has 0 spiro atoms. The van der Waals surface area contributed by atoms with Gasteiger partial charge in [0.1, 0.15) is 0 Å². The number of halogens is 1. The van der Waals surface area contributed by atoms with Crippen LogP contribution in [0, 0.1) is 0 Å². The summed E-state index contributed by atoms with van der Waals surface area (Å²) in [4.78, 5) is 16.9. The summed E-state index contributed by atoms with van der Waals surface area (Å²) >= 11 is 6.47. The van der Waals surface area contributed by atoms with Gasteiger partial charge in [0, 0.05) is 0 Å². The first-order valence-electron chi connectivity index (χ1n) is 8.87. The Morgan fingerprint density at radius 3 is 2.93 bits per heavy atom. The van der Waals surface area contributed by atoms with E-state index in [-0.39, 0.29) is 11.2 Å². The molecule has 1 aromatic heterocycles. The van der Waals surface area contributed by atoms with E-state index in [1.165, 1.54) is 11.8 Å². The van der Waals surface area contributed by atoms with Gasteiger partial charge in [0.2, 0.25) is 0 Å². The number of hydrogen-bond acceptors (Lipinski definition) is 7. The van der Waals surface area contributed by atoms with Gasteiger partial charge in [-0.3, -0.25) is 4.79 Å². The number of para-hydroxylation sites is 1. The maximum absolute atomic E-state index is 12.4. The fourth-order valence-electron chi connectivity index (χ4n) is 2.47. The molecule has 0 fully saturated rings. The highest BCUT2D eigenvalue weighted by molar-refractivity contribution is 9.10. The monoisotopic (exact) mass is 493 g/mol. The lowest BCUT2D eigenvalue weighted by atomic mass is 10.2. The van der Waals surface area contributed by atoms with E-state index >= 15 is 0 Å². The van der Waals surface area contributed by atoms with Crippen molar-refractivity contribution >= 4 is 61.4 Å². The summed E-state index contributed by atoms with van der Waals surface area (Å²) in [6.45, 7) is 4.27. The highest BCUT2D eigenvalue weighted by atomic mass is 79.9. The average Bonchev–Trinajstić information content (AvgIpc) is 3.11. The van der Waals surface area contributed by atoms with Gasteiger partial charge in [0.25, 0.3) is 5.91 Å². The van der Waals surface area contributed by atoms with Crippen LogP contribution in [-0.2, 0) is 4.79 Å². The third-order valence-corrected chi connectivity index (χ3v) is 6.67. The van der Waals surface area contributed by atoms with Crippen LogP contribution in [0.15, 0.2) is 50.3 Å². The number of benzene rings is 2. The van der Waals surface area contributed by atoms with E-state index in [0.717, 1.165) is 24.6 Å². The Bertz CT molecular complexity index is 1010. The fraction of sp³-hybridized carbons (Fsp3) is 0.250. The Hall–Kier alpha value is -2.10. The Morgan fingerprint density at radius 1 is 1.41 bits per heavy atom. The SMILES string of the molecule is CCOc1c(Br)cc(/C=N\NC(=O)[C@@H](C)Sc2nc3ccccc3s2)cc1OC. The van der Waals surface area contributed by atoms with Crippen molar-refractivity contribution in [2.75, 3.05) is 13.7 Å². The van der Waals surface area contributed by atoms with Gasteiger partial charge in [-0.1, -0.05) is 23.9 Å². The van der Waals surface area contributed by atoms with Gasteiger partial charge in [-0.05, 0) is 59.6 Å². The lowest BCUT2D eigenvalue weighted by molar-refractivity contribution is -0.120. The van der Waals surface area contributed by atoms with Gasteiger partial charge in [-0.15, -0.1) is 11.3 Å². The fourth-order valence-corrected chi connectivity index (χ4v) is 5.25. The lowest BCUT2D eigenvalue weighted by Crippen LogP contribution is -2.26. The highest BCUT2D eigenvalue weighted by Gasteiger charge is 2.16. The first kappa shape index (κ1) is 21.6. The molecule has 9 heteroatoms. The van der Waals surface area contributed by atoms with Crippen LogP contribution in [0.25, 0.3) is 10.2 Å². The number of nitrogens with zero attached hydrogens (tertiary/aromatic N) is 2. The van der Waals surface area contributed by atoms with Gasteiger partial charge in [-0.25, -0.2) is 10.4 Å². The largest absolute Gasteiger partial charge is 0.493 e. The zero-order valence-corrected chi connectivity index (χ0v) is 19.4. The molecular formula is C20H20BrN3O3S2. The molecule has 6 nitrogen and oxygen atoms in total. The zero-order chi connectivity index (χ0) is 20.8. The number of carbonyl (C=O) groups excluding carboxylic acids is 1. The van der Waals surface area contributed by atoms with Crippen molar-refractivity contribution in [3.05, 3.63) is 46.4 Å². The maximum Gasteiger partial charge on any atom is 0.253 e. The molecule has 1 atom stereocenters. The molecule has 0 aliphatic rings. The first-order valence-corrected chi connectivity index (χ1v) is 11.4. The number of thiazole rings is 1. The summed E-state index contributed by atoms with van der Waals surface area (Å²) in [5.74, 6) is 1.04. The molecule has 2 aromatic carbocycles. The summed E-state index contributed by atoms with van der Waals surface area (Å²) in [5.41, 5.74) is 4.29. The van der Waals surface area contributed by atoms with E-state index in [9.17, 15) is 4.79 Å². The summed E-state index contributed by atoms with van der Waals surface area (Å²) in [5, 5.41) is 3.74. The van der Waals surface area contributed by atoms with Gasteiger partial charge in [0.05, 0.1) is 39.9 Å². The number of methoxy groups -OCH3 is 1. The summed E-state index contributed by atoms with van der Waals surface area (Å²) in [7, 11) is 1.58. The van der Waals surface area contributed by atoms with E-state index < -0.39 is 0 Å². The van der Waals surface area contributed by atoms with E-state index in [1.54, 1.807) is 30.7 Å². The van der Waals surface area contributed by atoms with Crippen LogP contribution in [0.1, 0.15) is 19.4 Å². The summed E-state index contributed by atoms with van der Waals surface area (Å²) < 4.78 is 13.7. The van der Waals surface area contributed by atoms with Crippen LogP contribution >= 0.6 is 39.0 Å². The molecule has 29 heavy (non-hydrogen) atoms. The third kappa shape index (κ3) is 5.49. The normalized spacial score (nSPS) is 12.3. The Labute approximate surface area is 185 Å². The zero-order valence-electron chi connectivity index (χ0n) is 16.1. The van der Waals surface area contributed by atoms with Crippen LogP contribution in [0.2, 0.25) is 0 Å². The number of ether oxygens (including phenoxy) is 2. The number of nitrogens with one attached hydrogen (secondary N) is 1. The van der Waals surface area contributed by atoms with E-state index in [0.29, 0.717) is 18.1 Å². The number of rotatable bonds is 8. The average molecular weight is 494 g/mol. The van der Waals surface area contributed by atoms with Crippen LogP contribution in [0.5, 0.6) is 11.5 Å². The molecule has 152 valence electrons. The molecule has 0 aliphatic carbocycles. The molecule has 1 N–H and O–H groups in total. The molecule has 0 saturated heterocycles. The van der Waals surface area contributed by atoms with Crippen molar-refractivity contribution < 1.29 is 14.3 Å². The molecule has 3 rings (SSSR count). The van der Waals surface area contributed by atoms with Crippen molar-refractivity contribution in [1.82, 2.24) is 10.4 Å². The second-order valence-corrected chi connectivity index (χ2v) is 9.38. The van der Waals surface area contributed by atoms with E-state index in [4.69, 9.17) is 9.47 Å². The Kier molecular flexibility index (Phi) is 7.51. The minimum absolute atomic E-state index is 0.192. The number of hydrogen-bond donors (Lipinski definition) is 1. The van der Waals surface area contributed by atoms with Crippen molar-refractivity contribution in [1.29, 1.82) is 0 Å². The molecule has 0 radical (unpaired) electrons. The van der Waals surface area contributed by atoms with Crippen molar-refractivity contribution in [2.24, 2.45) is 5.10 Å². The van der Waals surface area contributed by atoms with Gasteiger partial charge >= 0.3 is 0 Å². The second kappa shape index (κ2) is 10.1. The van der Waals surface area contributed by atoms with E-state index in [1.807, 2.05) is 44.2 Å². The molecule has 1 heterocycles. The van der Waals surface area contributed by atoms with E-state index in [2.05, 4.69) is 31.4 Å². The highest BCUT2D eigenvalue weighted by Crippen LogP contribution is 2.36. The number of hydrazone groups is 1. The van der Waals surface area contributed by atoms with Crippen molar-refractivity contribution in [3.8, 4) is 11.5 Å². The lowest BCUT2D eigenvalue weighted by Gasteiger charge is -2.12. The van der Waals surface area contributed by atoms with Gasteiger partial charge in [-0.2, -0.15) is 5.10 Å². The Morgan fingerprint density at radius 2 is 2.21 bits per heavy atom. The van der Waals surface area contributed by atoms with Crippen LogP contribution in [0.4, 0.5) is 0 Å². The van der Waals surface area contributed by atoms with Crippen LogP contribution in [0.3, 0.4) is 0 Å². The molecule has 0 aliphatic heterocycles. The van der Waals surface area contributed by atoms with Gasteiger partial charge < -0.3 is 9.47 Å². The van der Waals surface area contributed by atoms with Crippen molar-refractivity contribution in [2.45, 2.75) is 23.4 Å². The van der Waals surface area contributed by atoms with Gasteiger partial charge in [0.15, 0.2) is 15.8 Å². The quantitative estimate of drug-likeness (QED) is 0.268. The second-order valence-electron chi connectivity index (χ2n) is 5.91. The standard InChI is InChI=1S/C20H20BrN3O3S2/c1-4-27-18-14(21)9-13(10-16(18)26-3)11-22-24-19(25)12(2)28-20-23-15-7-5-6-8-17(15)29-20/h5-12H,4H2,1-3H3,(H,24,25)/b22-11-/t12-/m1/s1. The molecule has 0 unspecified atom stereocenters. The summed E-state index contributed by atoms with van der Waals surface area (Å²) in [6, 6.07) is 11.6.